The first kappa shape index (κ1) is 4.54. The summed E-state index contributed by atoms with van der Waals surface area (Å²) in [5.74, 6) is 0.461. The van der Waals surface area contributed by atoms with Crippen molar-refractivity contribution in [2.75, 3.05) is 0 Å². The molecule has 2 aliphatic rings. The number of hydrogen-bond acceptors (Lipinski definition) is 0. The maximum atomic E-state index is 8.09. The molecule has 0 heterocycles. The summed E-state index contributed by atoms with van der Waals surface area (Å²) in [5.41, 5.74) is 0.215. The molecule has 0 radical (unpaired) electrons. The fourth-order valence-corrected chi connectivity index (χ4v) is 2.10. The van der Waals surface area contributed by atoms with Crippen molar-refractivity contribution in [3.8, 4) is 0 Å². The van der Waals surface area contributed by atoms with E-state index >= 15 is 0 Å². The maximum Gasteiger partial charge on any atom is 0.0352 e. The lowest BCUT2D eigenvalue weighted by atomic mass is 9.81. The zero-order valence-corrected chi connectivity index (χ0v) is 6.15. The second-order valence-corrected chi connectivity index (χ2v) is 3.75. The van der Waals surface area contributed by atoms with Crippen molar-refractivity contribution >= 4 is 0 Å². The van der Waals surface area contributed by atoms with E-state index in [9.17, 15) is 0 Å². The van der Waals surface area contributed by atoms with Gasteiger partial charge in [0.15, 0.2) is 0 Å². The summed E-state index contributed by atoms with van der Waals surface area (Å²) in [7, 11) is 0. The molecule has 0 heteroatoms. The number of fused-ring (bicyclic) bond motifs is 2. The van der Waals surface area contributed by atoms with E-state index in [-0.39, 0.29) is 11.3 Å². The Bertz CT molecular complexity index is 193. The van der Waals surface area contributed by atoms with Crippen molar-refractivity contribution in [3.63, 3.8) is 0 Å². The summed E-state index contributed by atoms with van der Waals surface area (Å²) < 4.78 is 8.09. The van der Waals surface area contributed by atoms with Crippen LogP contribution in [0.15, 0.2) is 12.2 Å². The third-order valence-corrected chi connectivity index (χ3v) is 3.01. The van der Waals surface area contributed by atoms with Crippen LogP contribution in [0, 0.1) is 17.2 Å². The highest BCUT2D eigenvalue weighted by atomic mass is 14.5. The minimum absolute atomic E-state index is 0.215. The summed E-state index contributed by atoms with van der Waals surface area (Å²) in [5, 5.41) is 0. The first-order valence-electron chi connectivity index (χ1n) is 4.26. The summed E-state index contributed by atoms with van der Waals surface area (Å²) in [6.45, 7) is 4.44. The van der Waals surface area contributed by atoms with Gasteiger partial charge in [0.05, 0.1) is 0 Å². The van der Waals surface area contributed by atoms with Crippen molar-refractivity contribution in [3.05, 3.63) is 12.2 Å². The van der Waals surface area contributed by atoms with Crippen molar-refractivity contribution < 1.29 is 1.37 Å². The highest BCUT2D eigenvalue weighted by Gasteiger charge is 2.43. The largest absolute Gasteiger partial charge is 0.0846 e. The Morgan fingerprint density at radius 1 is 1.44 bits per heavy atom. The Kier molecular flexibility index (Phi) is 0.716. The van der Waals surface area contributed by atoms with Gasteiger partial charge in [0, 0.05) is 1.37 Å². The zero-order valence-electron chi connectivity index (χ0n) is 7.15. The van der Waals surface area contributed by atoms with Gasteiger partial charge < -0.3 is 0 Å². The monoisotopic (exact) mass is 123 g/mol. The third kappa shape index (κ3) is 0.540. The normalized spacial score (nSPS) is 54.0. The number of hydrogen-bond donors (Lipinski definition) is 0. The predicted molar refractivity (Wildman–Crippen MR) is 39.1 cm³/mol. The minimum Gasteiger partial charge on any atom is -0.0846 e. The van der Waals surface area contributed by atoms with Crippen LogP contribution in [0.2, 0.25) is 0 Å². The topological polar surface area (TPSA) is 0 Å². The first-order valence-corrected chi connectivity index (χ1v) is 3.76. The first-order chi connectivity index (χ1) is 4.56. The van der Waals surface area contributed by atoms with Gasteiger partial charge in [-0.05, 0) is 30.1 Å². The van der Waals surface area contributed by atoms with Crippen molar-refractivity contribution in [2.45, 2.75) is 26.7 Å². The Morgan fingerprint density at radius 3 is 2.33 bits per heavy atom. The lowest BCUT2D eigenvalue weighted by molar-refractivity contribution is 0.279. The standard InChI is InChI=1S/C9H14/c1-9(2)7-3-4-8(9)6-5-7/h3-4,7-8H,5-6H2,1-2H3/i7D. The quantitative estimate of drug-likeness (QED) is 0.434. The molecule has 0 aromatic carbocycles. The van der Waals surface area contributed by atoms with E-state index in [2.05, 4.69) is 26.0 Å². The minimum atomic E-state index is -0.225. The lowest BCUT2D eigenvalue weighted by Gasteiger charge is -2.23. The molecule has 9 heavy (non-hydrogen) atoms. The summed E-state index contributed by atoms with van der Waals surface area (Å²) in [6, 6.07) is 0. The van der Waals surface area contributed by atoms with Crippen LogP contribution >= 0.6 is 0 Å². The molecule has 50 valence electrons. The molecule has 0 aliphatic heterocycles. The average Bonchev–Trinajstić information content (AvgIpc) is 2.18. The van der Waals surface area contributed by atoms with E-state index in [1.165, 1.54) is 6.42 Å². The highest BCUT2D eigenvalue weighted by Crippen LogP contribution is 2.53. The Balaban J connectivity index is 2.45. The van der Waals surface area contributed by atoms with E-state index in [0.717, 1.165) is 6.42 Å². The van der Waals surface area contributed by atoms with Gasteiger partial charge in [0.2, 0.25) is 0 Å². The molecule has 2 unspecified atom stereocenters. The molecule has 0 spiro atoms. The van der Waals surface area contributed by atoms with Gasteiger partial charge in [0.25, 0.3) is 0 Å². The van der Waals surface area contributed by atoms with Crippen LogP contribution in [0.5, 0.6) is 0 Å². The van der Waals surface area contributed by atoms with Gasteiger partial charge in [-0.1, -0.05) is 26.0 Å². The van der Waals surface area contributed by atoms with Crippen molar-refractivity contribution in [1.82, 2.24) is 0 Å². The molecule has 2 rings (SSSR count). The number of allylic oxidation sites excluding steroid dienone is 2. The van der Waals surface area contributed by atoms with E-state index in [0.29, 0.717) is 5.92 Å². The number of rotatable bonds is 0. The molecule has 2 aliphatic carbocycles. The van der Waals surface area contributed by atoms with Crippen LogP contribution in [0.3, 0.4) is 0 Å². The molecular weight excluding hydrogens is 108 g/mol. The Labute approximate surface area is 58.4 Å². The summed E-state index contributed by atoms with van der Waals surface area (Å²) in [4.78, 5) is 0. The van der Waals surface area contributed by atoms with Crippen molar-refractivity contribution in [1.29, 1.82) is 0 Å². The van der Waals surface area contributed by atoms with Crippen LogP contribution in [-0.4, -0.2) is 0 Å². The molecular formula is C9H14. The average molecular weight is 123 g/mol. The van der Waals surface area contributed by atoms with Crippen LogP contribution in [-0.2, 0) is 0 Å². The van der Waals surface area contributed by atoms with Crippen LogP contribution in [0.25, 0.3) is 0 Å². The highest BCUT2D eigenvalue weighted by molar-refractivity contribution is 5.15. The fraction of sp³-hybridized carbons (Fsp3) is 0.778. The smallest absolute Gasteiger partial charge is 0.0352 e. The van der Waals surface area contributed by atoms with Crippen LogP contribution in [0.1, 0.15) is 28.1 Å². The van der Waals surface area contributed by atoms with E-state index in [4.69, 9.17) is 1.37 Å². The van der Waals surface area contributed by atoms with E-state index in [1.54, 1.807) is 0 Å². The third-order valence-electron chi connectivity index (χ3n) is 3.01. The summed E-state index contributed by atoms with van der Waals surface area (Å²) in [6.07, 6.45) is 6.63. The van der Waals surface area contributed by atoms with Gasteiger partial charge in [0.1, 0.15) is 0 Å². The summed E-state index contributed by atoms with van der Waals surface area (Å²) >= 11 is 0. The van der Waals surface area contributed by atoms with Gasteiger partial charge in [-0.15, -0.1) is 0 Å². The van der Waals surface area contributed by atoms with Gasteiger partial charge in [-0.3, -0.25) is 0 Å². The van der Waals surface area contributed by atoms with E-state index < -0.39 is 0 Å². The van der Waals surface area contributed by atoms with E-state index in [1.807, 2.05) is 0 Å². The second kappa shape index (κ2) is 1.42. The lowest BCUT2D eigenvalue weighted by Crippen LogP contribution is -2.17. The second-order valence-electron chi connectivity index (χ2n) is 3.75. The molecule has 0 N–H and O–H groups in total. The predicted octanol–water partition coefficient (Wildman–Crippen LogP) is 2.61. The molecule has 0 aromatic rings. The molecule has 2 atom stereocenters. The Morgan fingerprint density at radius 2 is 2.22 bits per heavy atom. The molecule has 2 bridgehead atoms. The van der Waals surface area contributed by atoms with Gasteiger partial charge >= 0.3 is 0 Å². The molecule has 0 saturated heterocycles. The fourth-order valence-electron chi connectivity index (χ4n) is 2.10. The van der Waals surface area contributed by atoms with Gasteiger partial charge in [-0.2, -0.15) is 0 Å². The maximum absolute atomic E-state index is 8.09. The SMILES string of the molecule is [2H]C12C=CC(CC1)C2(C)C. The van der Waals surface area contributed by atoms with Crippen LogP contribution in [0.4, 0.5) is 0 Å². The van der Waals surface area contributed by atoms with Crippen molar-refractivity contribution in [2.24, 2.45) is 17.2 Å². The molecule has 1 fully saturated rings. The van der Waals surface area contributed by atoms with Gasteiger partial charge in [-0.25, -0.2) is 0 Å². The molecule has 1 saturated carbocycles. The molecule has 0 nitrogen and oxygen atoms in total. The zero-order chi connectivity index (χ0) is 7.41. The van der Waals surface area contributed by atoms with Crippen LogP contribution < -0.4 is 0 Å². The molecule has 0 aromatic heterocycles. The Hall–Kier alpha value is -0.260. The molecule has 0 amide bonds.